The number of carbonyl (C=O) groups excluding carboxylic acids is 14. The third-order valence-electron chi connectivity index (χ3n) is 14.6. The van der Waals surface area contributed by atoms with Gasteiger partial charge in [-0.3, -0.25) is 57.5 Å². The maximum absolute atomic E-state index is 13.0. The summed E-state index contributed by atoms with van der Waals surface area (Å²) in [5.74, 6) is -16.1. The lowest BCUT2D eigenvalue weighted by Crippen LogP contribution is -2.54. The first-order valence-electron chi connectivity index (χ1n) is 26.5. The fourth-order valence-corrected chi connectivity index (χ4v) is 9.22. The highest BCUT2D eigenvalue weighted by molar-refractivity contribution is 6.00. The maximum atomic E-state index is 13.0. The Balaban J connectivity index is 0.00000154. The molecule has 27 nitrogen and oxygen atoms in total. The fraction of sp³-hybridized carbons (Fsp3) is 0.741. The van der Waals surface area contributed by atoms with Crippen LogP contribution in [0, 0.1) is 45.3 Å². The van der Waals surface area contributed by atoms with Crippen LogP contribution in [0.1, 0.15) is 146 Å². The van der Waals surface area contributed by atoms with E-state index in [1.807, 2.05) is 0 Å². The molecule has 460 valence electrons. The number of carbonyl (C=O) groups is 14. The SMILES string of the molecule is CCC(C)(C(=O)OCCOC(=O)CC(C)=O)C(C(=O)[O-])C(CCC(C)(C)C(=O)OCCN1CCCC1=O)C(=O)[O-].CCC(C)(C(=O)OCCOC(=O)CC(C)=O)C1C(=O)OC(=O)C1CCC(C)(C)C(=O)OCCN1CCCC1=O.[NH4+].[NH4+]. The van der Waals surface area contributed by atoms with Crippen LogP contribution in [0.3, 0.4) is 0 Å². The standard InChI is InChI=1S/C27H41NO12.C27H39NO11.2H3N/c1-6-27(5,25(37)40-15-14-38-20(31)16-17(2)29)21(23(34)35)18(22(32)33)9-10-26(3,4)24(36)39-13-12-28-11-7-8-19(28)30;1-6-27(5,25(35)38-15-14-36-20(31)16-17(2)29)21-18(22(32)39-23(21)33)9-10-26(3,4)24(34)37-13-12-28-11-7-8-19(28)30;;/h18,21H,6-16H2,1-5H3,(H,32,33)(H,34,35);18,21H,6-16H2,1-5H3;2*1H3. The minimum absolute atomic E-state index is 0. The summed E-state index contributed by atoms with van der Waals surface area (Å²) in [7, 11) is 0. The van der Waals surface area contributed by atoms with Crippen molar-refractivity contribution in [1.82, 2.24) is 22.1 Å². The lowest BCUT2D eigenvalue weighted by atomic mass is 9.66. The molecule has 3 aliphatic rings. The Hall–Kier alpha value is -6.90. The van der Waals surface area contributed by atoms with E-state index in [0.717, 1.165) is 12.8 Å². The van der Waals surface area contributed by atoms with E-state index in [2.05, 4.69) is 0 Å². The second kappa shape index (κ2) is 33.8. The van der Waals surface area contributed by atoms with Gasteiger partial charge in [0, 0.05) is 49.7 Å². The number of amides is 2. The number of rotatable bonds is 33. The Morgan fingerprint density at radius 3 is 1.37 bits per heavy atom. The van der Waals surface area contributed by atoms with Gasteiger partial charge in [-0.25, -0.2) is 0 Å². The number of nitrogens with zero attached hydrogens (tertiary/aromatic N) is 2. The number of likely N-dealkylation sites (tertiary alicyclic amines) is 2. The van der Waals surface area contributed by atoms with E-state index in [-0.39, 0.29) is 114 Å². The first-order valence-corrected chi connectivity index (χ1v) is 26.5. The van der Waals surface area contributed by atoms with Gasteiger partial charge in [-0.1, -0.05) is 13.8 Å². The summed E-state index contributed by atoms with van der Waals surface area (Å²) in [6.45, 7) is 15.1. The smallest absolute Gasteiger partial charge is 0.318 e. The van der Waals surface area contributed by atoms with Crippen LogP contribution in [-0.4, -0.2) is 159 Å². The molecule has 6 atom stereocenters. The van der Waals surface area contributed by atoms with Crippen molar-refractivity contribution in [3.05, 3.63) is 0 Å². The van der Waals surface area contributed by atoms with E-state index < -0.39 is 124 Å². The van der Waals surface area contributed by atoms with Crippen molar-refractivity contribution >= 4 is 83.1 Å². The molecule has 2 amide bonds. The Kier molecular flexibility index (Phi) is 30.9. The van der Waals surface area contributed by atoms with Gasteiger partial charge < -0.3 is 75.1 Å². The highest BCUT2D eigenvalue weighted by atomic mass is 16.6. The zero-order valence-corrected chi connectivity index (χ0v) is 49.1. The molecule has 0 aromatic rings. The molecule has 3 aliphatic heterocycles. The Labute approximate surface area is 472 Å². The number of carboxylic acid groups (broad SMARTS) is 2. The molecular formula is C54H86N4O23. The van der Waals surface area contributed by atoms with Crippen LogP contribution >= 0.6 is 0 Å². The minimum Gasteiger partial charge on any atom is -0.550 e. The molecule has 0 aliphatic carbocycles. The van der Waals surface area contributed by atoms with Gasteiger partial charge in [0.15, 0.2) is 0 Å². The number of aliphatic carboxylic acids is 2. The lowest BCUT2D eigenvalue weighted by molar-refractivity contribution is -0.331. The van der Waals surface area contributed by atoms with E-state index in [1.165, 1.54) is 48.5 Å². The third-order valence-corrected chi connectivity index (χ3v) is 14.6. The zero-order chi connectivity index (χ0) is 60.1. The van der Waals surface area contributed by atoms with Crippen molar-refractivity contribution in [2.24, 2.45) is 45.3 Å². The number of esters is 8. The molecule has 3 rings (SSSR count). The molecule has 81 heavy (non-hydrogen) atoms. The summed E-state index contributed by atoms with van der Waals surface area (Å²) in [5, 5.41) is 24.3. The van der Waals surface area contributed by atoms with Gasteiger partial charge in [0.1, 0.15) is 64.0 Å². The van der Waals surface area contributed by atoms with E-state index in [4.69, 9.17) is 33.2 Å². The summed E-state index contributed by atoms with van der Waals surface area (Å²) in [5.41, 5.74) is -5.49. The molecule has 0 aromatic carbocycles. The predicted octanol–water partition coefficient (Wildman–Crippen LogP) is 1.68. The predicted molar refractivity (Wildman–Crippen MR) is 278 cm³/mol. The summed E-state index contributed by atoms with van der Waals surface area (Å²) in [6.07, 6.45) is 1.44. The molecule has 3 heterocycles. The molecule has 6 unspecified atom stereocenters. The van der Waals surface area contributed by atoms with Gasteiger partial charge in [-0.2, -0.15) is 0 Å². The quantitative estimate of drug-likeness (QED) is 0.0408. The number of quaternary nitrogens is 2. The molecule has 3 saturated heterocycles. The maximum Gasteiger partial charge on any atom is 0.318 e. The normalized spacial score (nSPS) is 18.1. The summed E-state index contributed by atoms with van der Waals surface area (Å²) < 4.78 is 35.5. The van der Waals surface area contributed by atoms with Gasteiger partial charge in [0.25, 0.3) is 0 Å². The van der Waals surface area contributed by atoms with E-state index in [0.29, 0.717) is 32.5 Å². The summed E-state index contributed by atoms with van der Waals surface area (Å²) >= 11 is 0. The Bertz CT molecular complexity index is 2280. The fourth-order valence-electron chi connectivity index (χ4n) is 9.22. The largest absolute Gasteiger partial charge is 0.550 e. The topological polar surface area (TPSA) is 429 Å². The highest BCUT2D eigenvalue weighted by Gasteiger charge is 2.57. The third kappa shape index (κ3) is 22.2. The van der Waals surface area contributed by atoms with Gasteiger partial charge in [0.05, 0.1) is 46.6 Å². The number of hydrogen-bond donors (Lipinski definition) is 2. The van der Waals surface area contributed by atoms with Gasteiger partial charge in [-0.05, 0) is 107 Å². The monoisotopic (exact) mass is 1160 g/mol. The van der Waals surface area contributed by atoms with Crippen LogP contribution in [0.25, 0.3) is 0 Å². The molecule has 0 bridgehead atoms. The Morgan fingerprint density at radius 1 is 0.568 bits per heavy atom. The number of cyclic esters (lactones) is 2. The molecular weight excluding hydrogens is 1070 g/mol. The summed E-state index contributed by atoms with van der Waals surface area (Å²) in [4.78, 5) is 172. The van der Waals surface area contributed by atoms with E-state index in [9.17, 15) is 77.3 Å². The second-order valence-electron chi connectivity index (χ2n) is 21.6. The number of carboxylic acids is 2. The first-order chi connectivity index (χ1) is 36.8. The number of ketones is 2. The zero-order valence-electron chi connectivity index (χ0n) is 49.1. The molecule has 3 fully saturated rings. The van der Waals surface area contributed by atoms with Crippen LogP contribution in [0.15, 0.2) is 0 Å². The van der Waals surface area contributed by atoms with Crippen molar-refractivity contribution in [1.29, 1.82) is 0 Å². The van der Waals surface area contributed by atoms with Crippen molar-refractivity contribution in [2.75, 3.05) is 65.8 Å². The van der Waals surface area contributed by atoms with Crippen LogP contribution in [0.4, 0.5) is 0 Å². The van der Waals surface area contributed by atoms with Crippen molar-refractivity contribution < 1.29 is 110 Å². The second-order valence-corrected chi connectivity index (χ2v) is 21.6. The molecule has 0 saturated carbocycles. The highest BCUT2D eigenvalue weighted by Crippen LogP contribution is 2.46. The van der Waals surface area contributed by atoms with Crippen LogP contribution in [0.5, 0.6) is 0 Å². The average Bonchev–Trinajstić information content (AvgIpc) is 4.06. The molecule has 0 radical (unpaired) electrons. The number of ether oxygens (including phenoxy) is 7. The average molecular weight is 1160 g/mol. The van der Waals surface area contributed by atoms with E-state index in [1.54, 1.807) is 30.6 Å². The first kappa shape index (κ1) is 74.1. The molecule has 0 aromatic heterocycles. The minimum atomic E-state index is -1.87. The van der Waals surface area contributed by atoms with Crippen molar-refractivity contribution in [2.45, 2.75) is 146 Å². The van der Waals surface area contributed by atoms with Crippen LogP contribution in [0.2, 0.25) is 0 Å². The molecule has 8 N–H and O–H groups in total. The van der Waals surface area contributed by atoms with Crippen LogP contribution in [-0.2, 0) is 100 Å². The van der Waals surface area contributed by atoms with Gasteiger partial charge in [0.2, 0.25) is 11.8 Å². The molecule has 27 heteroatoms. The van der Waals surface area contributed by atoms with E-state index >= 15 is 0 Å². The van der Waals surface area contributed by atoms with Crippen molar-refractivity contribution in [3.8, 4) is 0 Å². The van der Waals surface area contributed by atoms with Crippen molar-refractivity contribution in [3.63, 3.8) is 0 Å². The number of Topliss-reactive ketones (excluding diaryl/α,β-unsaturated/α-hetero) is 2. The van der Waals surface area contributed by atoms with Gasteiger partial charge in [-0.15, -0.1) is 0 Å². The number of hydrogen-bond acceptors (Lipinski definition) is 23. The lowest BCUT2D eigenvalue weighted by Gasteiger charge is -2.41. The van der Waals surface area contributed by atoms with Gasteiger partial charge >= 0.3 is 47.8 Å². The molecule has 0 spiro atoms. The summed E-state index contributed by atoms with van der Waals surface area (Å²) in [6, 6.07) is 0. The Morgan fingerprint density at radius 2 is 0.988 bits per heavy atom. The van der Waals surface area contributed by atoms with Crippen LogP contribution < -0.4 is 22.5 Å².